The van der Waals surface area contributed by atoms with E-state index < -0.39 is 0 Å². The van der Waals surface area contributed by atoms with E-state index in [0.717, 1.165) is 6.42 Å². The van der Waals surface area contributed by atoms with Crippen LogP contribution >= 0.6 is 0 Å². The highest BCUT2D eigenvalue weighted by Gasteiger charge is 2.07. The van der Waals surface area contributed by atoms with E-state index in [4.69, 9.17) is 0 Å². The van der Waals surface area contributed by atoms with Gasteiger partial charge in [0.05, 0.1) is 0 Å². The number of rotatable bonds is 0. The predicted octanol–water partition coefficient (Wildman–Crippen LogP) is 3.76. The highest BCUT2D eigenvalue weighted by Crippen LogP contribution is 2.25. The second-order valence-electron chi connectivity index (χ2n) is 3.55. The lowest BCUT2D eigenvalue weighted by Crippen LogP contribution is -1.95. The number of hydrogen-bond acceptors (Lipinski definition) is 0. The monoisotopic (exact) mass is 170 g/mol. The molecule has 0 nitrogen and oxygen atoms in total. The van der Waals surface area contributed by atoms with E-state index in [1.165, 1.54) is 11.1 Å². The number of hydrogen-bond donors (Lipinski definition) is 0. The lowest BCUT2D eigenvalue weighted by Gasteiger charge is -2.13. The first-order valence-corrected chi connectivity index (χ1v) is 4.80. The molecule has 0 saturated heterocycles. The Bertz CT molecular complexity index is 345. The summed E-state index contributed by atoms with van der Waals surface area (Å²) in [5.41, 5.74) is 2.82. The molecule has 0 aliphatic heterocycles. The van der Waals surface area contributed by atoms with E-state index in [0.29, 0.717) is 5.92 Å². The van der Waals surface area contributed by atoms with Crippen molar-refractivity contribution >= 4 is 6.08 Å². The standard InChI is InChI=1S/C13H14/c1-11-7-3-2-4-8-12-9-5-6-10-13(11)12/h2-6,8-11H,7H2,1H3/b3-2+,8-4-. The molecule has 1 aromatic carbocycles. The highest BCUT2D eigenvalue weighted by atomic mass is 14.1. The molecule has 1 atom stereocenters. The molecule has 0 aromatic heterocycles. The van der Waals surface area contributed by atoms with Crippen LogP contribution in [-0.2, 0) is 0 Å². The van der Waals surface area contributed by atoms with E-state index in [1.54, 1.807) is 0 Å². The minimum atomic E-state index is 0.636. The van der Waals surface area contributed by atoms with Gasteiger partial charge < -0.3 is 0 Å². The van der Waals surface area contributed by atoms with E-state index in [1.807, 2.05) is 0 Å². The third-order valence-corrected chi connectivity index (χ3v) is 2.54. The van der Waals surface area contributed by atoms with Gasteiger partial charge in [-0.3, -0.25) is 0 Å². The molecule has 2 rings (SSSR count). The summed E-state index contributed by atoms with van der Waals surface area (Å²) < 4.78 is 0. The highest BCUT2D eigenvalue weighted by molar-refractivity contribution is 5.56. The van der Waals surface area contributed by atoms with Gasteiger partial charge in [0, 0.05) is 0 Å². The summed E-state index contributed by atoms with van der Waals surface area (Å²) in [5.74, 6) is 0.636. The van der Waals surface area contributed by atoms with Gasteiger partial charge in [-0.2, -0.15) is 0 Å². The van der Waals surface area contributed by atoms with Crippen molar-refractivity contribution in [3.63, 3.8) is 0 Å². The Labute approximate surface area is 79.6 Å². The van der Waals surface area contributed by atoms with Gasteiger partial charge in [0.1, 0.15) is 0 Å². The molecule has 1 aromatic rings. The van der Waals surface area contributed by atoms with Crippen LogP contribution in [0.15, 0.2) is 42.5 Å². The third-order valence-electron chi connectivity index (χ3n) is 2.54. The largest absolute Gasteiger partial charge is 0.0839 e. The summed E-state index contributed by atoms with van der Waals surface area (Å²) in [6.45, 7) is 2.28. The number of allylic oxidation sites excluding steroid dienone is 3. The van der Waals surface area contributed by atoms with Gasteiger partial charge in [-0.25, -0.2) is 0 Å². The Hall–Kier alpha value is -1.30. The van der Waals surface area contributed by atoms with Crippen molar-refractivity contribution < 1.29 is 0 Å². The summed E-state index contributed by atoms with van der Waals surface area (Å²) >= 11 is 0. The first-order valence-electron chi connectivity index (χ1n) is 4.80. The Morgan fingerprint density at radius 2 is 2.00 bits per heavy atom. The molecule has 0 N–H and O–H groups in total. The fourth-order valence-electron chi connectivity index (χ4n) is 1.76. The van der Waals surface area contributed by atoms with Gasteiger partial charge in [0.25, 0.3) is 0 Å². The second kappa shape index (κ2) is 3.61. The average Bonchev–Trinajstić information content (AvgIpc) is 2.14. The van der Waals surface area contributed by atoms with Gasteiger partial charge in [0.15, 0.2) is 0 Å². The maximum Gasteiger partial charge on any atom is -0.0150 e. The minimum absolute atomic E-state index is 0.636. The Morgan fingerprint density at radius 3 is 2.92 bits per heavy atom. The van der Waals surface area contributed by atoms with Gasteiger partial charge >= 0.3 is 0 Å². The van der Waals surface area contributed by atoms with E-state index in [-0.39, 0.29) is 0 Å². The van der Waals surface area contributed by atoms with Crippen molar-refractivity contribution in [3.8, 4) is 0 Å². The molecular formula is C13H14. The normalized spacial score (nSPS) is 25.5. The molecule has 0 bridgehead atoms. The molecule has 66 valence electrons. The van der Waals surface area contributed by atoms with Crippen molar-refractivity contribution in [2.75, 3.05) is 0 Å². The maximum atomic E-state index is 2.28. The van der Waals surface area contributed by atoms with Gasteiger partial charge in [-0.05, 0) is 23.5 Å². The molecule has 0 heteroatoms. The molecule has 0 saturated carbocycles. The van der Waals surface area contributed by atoms with Gasteiger partial charge in [-0.15, -0.1) is 0 Å². The van der Waals surface area contributed by atoms with Crippen LogP contribution in [0.5, 0.6) is 0 Å². The van der Waals surface area contributed by atoms with E-state index in [2.05, 4.69) is 55.5 Å². The molecule has 0 spiro atoms. The summed E-state index contributed by atoms with van der Waals surface area (Å²) in [5, 5.41) is 0. The zero-order chi connectivity index (χ0) is 9.10. The van der Waals surface area contributed by atoms with Crippen molar-refractivity contribution in [1.82, 2.24) is 0 Å². The van der Waals surface area contributed by atoms with Crippen LogP contribution in [0, 0.1) is 0 Å². The maximum absolute atomic E-state index is 2.28. The molecule has 13 heavy (non-hydrogen) atoms. The number of benzene rings is 1. The van der Waals surface area contributed by atoms with Crippen molar-refractivity contribution in [3.05, 3.63) is 53.6 Å². The van der Waals surface area contributed by atoms with Gasteiger partial charge in [-0.1, -0.05) is 55.5 Å². The molecule has 0 radical (unpaired) electrons. The van der Waals surface area contributed by atoms with Crippen LogP contribution in [0.25, 0.3) is 6.08 Å². The Kier molecular flexibility index (Phi) is 2.31. The summed E-state index contributed by atoms with van der Waals surface area (Å²) in [6, 6.07) is 8.63. The molecule has 0 amide bonds. The molecule has 1 aliphatic rings. The van der Waals surface area contributed by atoms with Crippen molar-refractivity contribution in [1.29, 1.82) is 0 Å². The minimum Gasteiger partial charge on any atom is -0.0839 e. The Balaban J connectivity index is 2.49. The third kappa shape index (κ3) is 1.72. The SMILES string of the molecule is CC1C/C=C/C=C\c2ccccc21. The lowest BCUT2D eigenvalue weighted by molar-refractivity contribution is 0.778. The van der Waals surface area contributed by atoms with Crippen LogP contribution < -0.4 is 0 Å². The fraction of sp³-hybridized carbons (Fsp3) is 0.231. The zero-order valence-electron chi connectivity index (χ0n) is 7.90. The summed E-state index contributed by atoms with van der Waals surface area (Å²) in [4.78, 5) is 0. The van der Waals surface area contributed by atoms with Crippen LogP contribution in [0.1, 0.15) is 30.4 Å². The topological polar surface area (TPSA) is 0 Å². The van der Waals surface area contributed by atoms with Crippen LogP contribution in [0.2, 0.25) is 0 Å². The summed E-state index contributed by atoms with van der Waals surface area (Å²) in [7, 11) is 0. The van der Waals surface area contributed by atoms with Crippen LogP contribution in [0.3, 0.4) is 0 Å². The first-order chi connectivity index (χ1) is 6.38. The average molecular weight is 170 g/mol. The summed E-state index contributed by atoms with van der Waals surface area (Å²) in [6.07, 6.45) is 9.80. The van der Waals surface area contributed by atoms with Crippen molar-refractivity contribution in [2.24, 2.45) is 0 Å². The number of fused-ring (bicyclic) bond motifs is 1. The molecule has 0 fully saturated rings. The zero-order valence-corrected chi connectivity index (χ0v) is 7.90. The molecular weight excluding hydrogens is 156 g/mol. The predicted molar refractivity (Wildman–Crippen MR) is 57.6 cm³/mol. The van der Waals surface area contributed by atoms with Crippen LogP contribution in [0.4, 0.5) is 0 Å². The second-order valence-corrected chi connectivity index (χ2v) is 3.55. The molecule has 1 unspecified atom stereocenters. The van der Waals surface area contributed by atoms with E-state index >= 15 is 0 Å². The van der Waals surface area contributed by atoms with Gasteiger partial charge in [0.2, 0.25) is 0 Å². The quantitative estimate of drug-likeness (QED) is 0.556. The first kappa shape index (κ1) is 8.31. The van der Waals surface area contributed by atoms with Crippen LogP contribution in [-0.4, -0.2) is 0 Å². The van der Waals surface area contributed by atoms with E-state index in [9.17, 15) is 0 Å². The lowest BCUT2D eigenvalue weighted by atomic mass is 9.91. The smallest absolute Gasteiger partial charge is 0.0150 e. The molecule has 1 aliphatic carbocycles. The molecule has 0 heterocycles. The Morgan fingerprint density at radius 1 is 1.15 bits per heavy atom. The van der Waals surface area contributed by atoms with Crippen molar-refractivity contribution in [2.45, 2.75) is 19.3 Å². The fourth-order valence-corrected chi connectivity index (χ4v) is 1.76.